The average Bonchev–Trinajstić information content (AvgIpc) is 3.88. The Morgan fingerprint density at radius 3 is 1.71 bits per heavy atom. The molecule has 0 radical (unpaired) electrons. The van der Waals surface area contributed by atoms with E-state index in [0.717, 1.165) is 72.4 Å². The zero-order valence-electron chi connectivity index (χ0n) is 33.6. The first-order chi connectivity index (χ1) is 30.7. The minimum atomic E-state index is -0.512. The Morgan fingerprint density at radius 1 is 0.355 bits per heavy atom. The minimum absolute atomic E-state index is 0.512. The zero-order valence-corrected chi connectivity index (χ0v) is 33.6. The molecule has 3 aromatic heterocycles. The third-order valence-corrected chi connectivity index (χ3v) is 12.5. The van der Waals surface area contributed by atoms with Crippen molar-refractivity contribution >= 4 is 21.9 Å². The molecule has 62 heavy (non-hydrogen) atoms. The number of hydrogen-bond acceptors (Lipinski definition) is 4. The summed E-state index contributed by atoms with van der Waals surface area (Å²) in [6.45, 7) is 0. The van der Waals surface area contributed by atoms with Crippen LogP contribution in [-0.4, -0.2) is 15.0 Å². The molecule has 12 rings (SSSR count). The number of pyridine rings is 1. The second-order valence-corrected chi connectivity index (χ2v) is 15.9. The summed E-state index contributed by atoms with van der Waals surface area (Å²) in [5.41, 5.74) is 17.5. The van der Waals surface area contributed by atoms with Gasteiger partial charge in [-0.05, 0) is 81.4 Å². The predicted octanol–water partition coefficient (Wildman–Crippen LogP) is 14.5. The molecule has 0 unspecified atom stereocenters. The molecular formula is C58H37N3O. The average molecular weight is 792 g/mol. The van der Waals surface area contributed by atoms with Crippen molar-refractivity contribution in [3.05, 3.63) is 247 Å². The molecule has 0 spiro atoms. The lowest BCUT2D eigenvalue weighted by atomic mass is 9.67. The van der Waals surface area contributed by atoms with Gasteiger partial charge in [0, 0.05) is 44.8 Å². The van der Waals surface area contributed by atoms with Crippen molar-refractivity contribution in [3.63, 3.8) is 0 Å². The van der Waals surface area contributed by atoms with Crippen molar-refractivity contribution < 1.29 is 4.42 Å². The Morgan fingerprint density at radius 2 is 0.935 bits per heavy atom. The summed E-state index contributed by atoms with van der Waals surface area (Å²) in [7, 11) is 0. The maximum absolute atomic E-state index is 6.13. The highest BCUT2D eigenvalue weighted by Crippen LogP contribution is 2.56. The van der Waals surface area contributed by atoms with E-state index >= 15 is 0 Å². The highest BCUT2D eigenvalue weighted by atomic mass is 16.3. The van der Waals surface area contributed by atoms with Crippen molar-refractivity contribution in [1.82, 2.24) is 15.0 Å². The quantitative estimate of drug-likeness (QED) is 0.161. The summed E-state index contributed by atoms with van der Waals surface area (Å²) in [5, 5.41) is 2.18. The first kappa shape index (κ1) is 35.7. The molecule has 0 saturated carbocycles. The monoisotopic (exact) mass is 791 g/mol. The first-order valence-electron chi connectivity index (χ1n) is 21.0. The molecule has 0 bridgehead atoms. The van der Waals surface area contributed by atoms with E-state index in [4.69, 9.17) is 19.4 Å². The Labute approximate surface area is 359 Å². The fraction of sp³-hybridized carbons (Fsp3) is 0.0172. The molecule has 3 heterocycles. The molecule has 0 amide bonds. The Kier molecular flexibility index (Phi) is 8.36. The topological polar surface area (TPSA) is 51.8 Å². The van der Waals surface area contributed by atoms with Crippen LogP contribution in [-0.2, 0) is 5.41 Å². The standard InChI is InChI=1S/C58H37N3O/c1-4-15-40(16-5-1)57-60-52(39-28-26-38(27-29-39)45-23-14-34-59-56(45)42-31-33-55-49(35-42)48-22-11-13-25-54(48)62-55)37-53(61-57)41-30-32-47-46-21-10-12-24-50(46)58(51(47)36-41,43-17-6-2-7-18-43)44-19-8-3-9-20-44/h1-37H. The summed E-state index contributed by atoms with van der Waals surface area (Å²) in [5.74, 6) is 0.681. The van der Waals surface area contributed by atoms with E-state index in [1.54, 1.807) is 0 Å². The van der Waals surface area contributed by atoms with Crippen LogP contribution in [0.1, 0.15) is 22.3 Å². The van der Waals surface area contributed by atoms with Crippen LogP contribution in [0.15, 0.2) is 229 Å². The summed E-state index contributed by atoms with van der Waals surface area (Å²) < 4.78 is 6.13. The van der Waals surface area contributed by atoms with Crippen LogP contribution in [0.3, 0.4) is 0 Å². The molecule has 0 saturated heterocycles. The first-order valence-corrected chi connectivity index (χ1v) is 21.0. The van der Waals surface area contributed by atoms with Gasteiger partial charge in [-0.2, -0.15) is 0 Å². The zero-order chi connectivity index (χ0) is 41.0. The number of benzene rings is 8. The number of fused-ring (bicyclic) bond motifs is 6. The summed E-state index contributed by atoms with van der Waals surface area (Å²) in [6, 6.07) is 77.3. The fourth-order valence-electron chi connectivity index (χ4n) is 9.63. The van der Waals surface area contributed by atoms with E-state index < -0.39 is 5.41 Å². The smallest absolute Gasteiger partial charge is 0.160 e. The third-order valence-electron chi connectivity index (χ3n) is 12.5. The van der Waals surface area contributed by atoms with Gasteiger partial charge in [0.15, 0.2) is 5.82 Å². The van der Waals surface area contributed by atoms with Crippen LogP contribution in [0.5, 0.6) is 0 Å². The van der Waals surface area contributed by atoms with Crippen LogP contribution >= 0.6 is 0 Å². The molecule has 0 atom stereocenters. The second kappa shape index (κ2) is 14.5. The number of hydrogen-bond donors (Lipinski definition) is 0. The van der Waals surface area contributed by atoms with Crippen LogP contribution in [0.25, 0.3) is 89.4 Å². The lowest BCUT2D eigenvalue weighted by Gasteiger charge is -2.34. The molecule has 4 heteroatoms. The molecule has 11 aromatic rings. The molecule has 4 nitrogen and oxygen atoms in total. The second-order valence-electron chi connectivity index (χ2n) is 15.9. The number of para-hydroxylation sites is 1. The van der Waals surface area contributed by atoms with E-state index in [9.17, 15) is 0 Å². The minimum Gasteiger partial charge on any atom is -0.456 e. The summed E-state index contributed by atoms with van der Waals surface area (Å²) in [6.07, 6.45) is 1.86. The molecule has 0 aliphatic heterocycles. The molecule has 0 N–H and O–H groups in total. The van der Waals surface area contributed by atoms with Crippen molar-refractivity contribution in [3.8, 4) is 67.4 Å². The van der Waals surface area contributed by atoms with Gasteiger partial charge < -0.3 is 4.42 Å². The Hall–Kier alpha value is -8.21. The van der Waals surface area contributed by atoms with Crippen LogP contribution in [0, 0.1) is 0 Å². The maximum Gasteiger partial charge on any atom is 0.160 e. The largest absolute Gasteiger partial charge is 0.456 e. The van der Waals surface area contributed by atoms with E-state index in [0.29, 0.717) is 5.82 Å². The maximum atomic E-state index is 6.13. The molecule has 290 valence electrons. The number of aromatic nitrogens is 3. The molecule has 1 aliphatic carbocycles. The Balaban J connectivity index is 0.983. The van der Waals surface area contributed by atoms with Gasteiger partial charge >= 0.3 is 0 Å². The van der Waals surface area contributed by atoms with Gasteiger partial charge in [-0.1, -0.05) is 176 Å². The van der Waals surface area contributed by atoms with Gasteiger partial charge in [-0.15, -0.1) is 0 Å². The SMILES string of the molecule is c1ccc(-c2nc(-c3ccc(-c4cccnc4-c4ccc5oc6ccccc6c5c4)cc3)cc(-c3ccc4c(c3)C(c3ccccc3)(c3ccccc3)c3ccccc3-4)n2)cc1. The van der Waals surface area contributed by atoms with Gasteiger partial charge in [0.2, 0.25) is 0 Å². The van der Waals surface area contributed by atoms with Gasteiger partial charge in [-0.3, -0.25) is 4.98 Å². The van der Waals surface area contributed by atoms with Gasteiger partial charge in [-0.25, -0.2) is 9.97 Å². The lowest BCUT2D eigenvalue weighted by Crippen LogP contribution is -2.28. The number of rotatable bonds is 7. The van der Waals surface area contributed by atoms with Gasteiger partial charge in [0.25, 0.3) is 0 Å². The number of nitrogens with zero attached hydrogens (tertiary/aromatic N) is 3. The van der Waals surface area contributed by atoms with Gasteiger partial charge in [0.05, 0.1) is 22.5 Å². The highest BCUT2D eigenvalue weighted by molar-refractivity contribution is 6.06. The van der Waals surface area contributed by atoms with Crippen molar-refractivity contribution in [1.29, 1.82) is 0 Å². The molecule has 1 aliphatic rings. The van der Waals surface area contributed by atoms with Crippen LogP contribution in [0.4, 0.5) is 0 Å². The highest BCUT2D eigenvalue weighted by Gasteiger charge is 2.46. The third kappa shape index (κ3) is 5.72. The van der Waals surface area contributed by atoms with Gasteiger partial charge in [0.1, 0.15) is 11.2 Å². The Bertz CT molecular complexity index is 3410. The summed E-state index contributed by atoms with van der Waals surface area (Å²) in [4.78, 5) is 15.4. The van der Waals surface area contributed by atoms with Crippen LogP contribution in [0.2, 0.25) is 0 Å². The molecular weight excluding hydrogens is 755 g/mol. The predicted molar refractivity (Wildman–Crippen MR) is 252 cm³/mol. The molecule has 8 aromatic carbocycles. The van der Waals surface area contributed by atoms with E-state index in [2.05, 4.69) is 176 Å². The molecule has 0 fully saturated rings. The van der Waals surface area contributed by atoms with Crippen LogP contribution < -0.4 is 0 Å². The number of furan rings is 1. The fourth-order valence-corrected chi connectivity index (χ4v) is 9.63. The van der Waals surface area contributed by atoms with Crippen molar-refractivity contribution in [2.45, 2.75) is 5.41 Å². The normalized spacial score (nSPS) is 12.6. The lowest BCUT2D eigenvalue weighted by molar-refractivity contribution is 0.669. The van der Waals surface area contributed by atoms with E-state index in [1.807, 2.05) is 48.7 Å². The van der Waals surface area contributed by atoms with Crippen molar-refractivity contribution in [2.24, 2.45) is 0 Å². The van der Waals surface area contributed by atoms with E-state index in [1.165, 1.54) is 33.4 Å². The summed E-state index contributed by atoms with van der Waals surface area (Å²) >= 11 is 0. The van der Waals surface area contributed by atoms with E-state index in [-0.39, 0.29) is 0 Å². The van der Waals surface area contributed by atoms with Crippen molar-refractivity contribution in [2.75, 3.05) is 0 Å².